The first-order chi connectivity index (χ1) is 14.5. The van der Waals surface area contributed by atoms with Gasteiger partial charge in [0.05, 0.1) is 0 Å². The van der Waals surface area contributed by atoms with E-state index in [4.69, 9.17) is 0 Å². The molecule has 5 heteroatoms. The molecule has 2 fully saturated rings. The van der Waals surface area contributed by atoms with Crippen molar-refractivity contribution in [3.05, 3.63) is 65.7 Å². The number of likely N-dealkylation sites (tertiary alicyclic amines) is 1. The molecule has 3 amide bonds. The fourth-order valence-corrected chi connectivity index (χ4v) is 4.62. The third-order valence-corrected chi connectivity index (χ3v) is 6.56. The average Bonchev–Trinajstić information content (AvgIpc) is 2.77. The normalized spacial score (nSPS) is 24.6. The quantitative estimate of drug-likeness (QED) is 0.827. The number of carbonyl (C=O) groups excluding carboxylic acids is 2. The van der Waals surface area contributed by atoms with Crippen LogP contribution in [0, 0.1) is 12.8 Å². The summed E-state index contributed by atoms with van der Waals surface area (Å²) >= 11 is 0. The van der Waals surface area contributed by atoms with Crippen LogP contribution in [0.15, 0.2) is 54.6 Å². The van der Waals surface area contributed by atoms with Crippen molar-refractivity contribution in [1.82, 2.24) is 10.2 Å². The number of rotatable bonds is 3. The number of nitrogens with one attached hydrogen (secondary N) is 1. The Morgan fingerprint density at radius 2 is 1.73 bits per heavy atom. The molecule has 4 rings (SSSR count). The molecular formula is C25H31N3O2. The highest BCUT2D eigenvalue weighted by Gasteiger charge is 2.34. The summed E-state index contributed by atoms with van der Waals surface area (Å²) in [5, 5.41) is 3.03. The van der Waals surface area contributed by atoms with E-state index in [0.717, 1.165) is 25.1 Å². The molecule has 2 aliphatic heterocycles. The number of aryl methyl sites for hydroxylation is 1. The van der Waals surface area contributed by atoms with Crippen LogP contribution in [0.2, 0.25) is 0 Å². The highest BCUT2D eigenvalue weighted by Crippen LogP contribution is 2.32. The molecule has 2 aromatic carbocycles. The zero-order valence-electron chi connectivity index (χ0n) is 17.9. The summed E-state index contributed by atoms with van der Waals surface area (Å²) in [5.74, 6) is 0.852. The highest BCUT2D eigenvalue weighted by molar-refractivity contribution is 5.99. The number of benzene rings is 2. The minimum atomic E-state index is -0.456. The largest absolute Gasteiger partial charge is 0.326 e. The van der Waals surface area contributed by atoms with Crippen molar-refractivity contribution in [2.75, 3.05) is 24.5 Å². The molecule has 2 saturated heterocycles. The van der Waals surface area contributed by atoms with Gasteiger partial charge in [0.2, 0.25) is 5.91 Å². The number of nitrogens with zero attached hydrogens (tertiary/aromatic N) is 2. The lowest BCUT2D eigenvalue weighted by Crippen LogP contribution is -2.56. The summed E-state index contributed by atoms with van der Waals surface area (Å²) in [6.45, 7) is 6.42. The van der Waals surface area contributed by atoms with Gasteiger partial charge in [-0.25, -0.2) is 4.79 Å². The molecule has 0 spiro atoms. The summed E-state index contributed by atoms with van der Waals surface area (Å²) in [4.78, 5) is 29.8. The lowest BCUT2D eigenvalue weighted by Gasteiger charge is -2.39. The second-order valence-corrected chi connectivity index (χ2v) is 8.70. The Labute approximate surface area is 179 Å². The standard InChI is InChI=1S/C25H31N3O2/c1-18-10-12-21(13-11-18)28-15-6-9-23(24(28)29)26-25(30)27-16-14-19(2)22(17-27)20-7-4-3-5-8-20/h3-5,7-8,10-13,19,22-23H,6,9,14-17H2,1-2H3,(H,26,30). The van der Waals surface area contributed by atoms with E-state index < -0.39 is 6.04 Å². The Kier molecular flexibility index (Phi) is 6.07. The van der Waals surface area contributed by atoms with Crippen molar-refractivity contribution in [3.8, 4) is 0 Å². The molecule has 0 aliphatic carbocycles. The Balaban J connectivity index is 1.41. The van der Waals surface area contributed by atoms with Crippen molar-refractivity contribution >= 4 is 17.6 Å². The first kappa shape index (κ1) is 20.5. The molecule has 30 heavy (non-hydrogen) atoms. The zero-order valence-corrected chi connectivity index (χ0v) is 17.9. The number of hydrogen-bond donors (Lipinski definition) is 1. The van der Waals surface area contributed by atoms with Gasteiger partial charge in [-0.05, 0) is 49.8 Å². The summed E-state index contributed by atoms with van der Waals surface area (Å²) in [5.41, 5.74) is 3.35. The van der Waals surface area contributed by atoms with Crippen LogP contribution in [0.3, 0.4) is 0 Å². The van der Waals surface area contributed by atoms with E-state index in [1.807, 2.05) is 42.2 Å². The molecule has 2 aliphatic rings. The first-order valence-electron chi connectivity index (χ1n) is 11.0. The molecule has 3 atom stereocenters. The zero-order chi connectivity index (χ0) is 21.1. The third-order valence-electron chi connectivity index (χ3n) is 6.56. The molecular weight excluding hydrogens is 374 g/mol. The molecule has 2 heterocycles. The third kappa shape index (κ3) is 4.35. The number of amides is 3. The predicted molar refractivity (Wildman–Crippen MR) is 120 cm³/mol. The molecule has 1 N–H and O–H groups in total. The molecule has 0 aromatic heterocycles. The van der Waals surface area contributed by atoms with Crippen molar-refractivity contribution in [2.45, 2.75) is 45.1 Å². The summed E-state index contributed by atoms with van der Waals surface area (Å²) in [6, 6.07) is 17.8. The smallest absolute Gasteiger partial charge is 0.318 e. The van der Waals surface area contributed by atoms with Crippen LogP contribution in [-0.4, -0.2) is 42.5 Å². The summed E-state index contributed by atoms with van der Waals surface area (Å²) in [6.07, 6.45) is 2.55. The SMILES string of the molecule is Cc1ccc(N2CCCC(NC(=O)N3CCC(C)C(c4ccccc4)C3)C2=O)cc1. The summed E-state index contributed by atoms with van der Waals surface area (Å²) < 4.78 is 0. The summed E-state index contributed by atoms with van der Waals surface area (Å²) in [7, 11) is 0. The van der Waals surface area contributed by atoms with E-state index in [1.165, 1.54) is 11.1 Å². The van der Waals surface area contributed by atoms with Gasteiger partial charge in [0.15, 0.2) is 0 Å². The van der Waals surface area contributed by atoms with Gasteiger partial charge in [-0.1, -0.05) is 55.0 Å². The van der Waals surface area contributed by atoms with E-state index in [9.17, 15) is 9.59 Å². The van der Waals surface area contributed by atoms with Gasteiger partial charge >= 0.3 is 6.03 Å². The molecule has 3 unspecified atom stereocenters. The number of piperidine rings is 2. The first-order valence-corrected chi connectivity index (χ1v) is 11.0. The van der Waals surface area contributed by atoms with Crippen LogP contribution in [0.5, 0.6) is 0 Å². The number of carbonyl (C=O) groups is 2. The topological polar surface area (TPSA) is 52.7 Å². The molecule has 0 bridgehead atoms. The minimum Gasteiger partial charge on any atom is -0.326 e. The monoisotopic (exact) mass is 405 g/mol. The van der Waals surface area contributed by atoms with E-state index >= 15 is 0 Å². The van der Waals surface area contributed by atoms with E-state index in [-0.39, 0.29) is 11.9 Å². The molecule has 0 radical (unpaired) electrons. The second-order valence-electron chi connectivity index (χ2n) is 8.70. The number of urea groups is 1. The maximum atomic E-state index is 13.1. The van der Waals surface area contributed by atoms with Crippen LogP contribution in [0.4, 0.5) is 10.5 Å². The predicted octanol–water partition coefficient (Wildman–Crippen LogP) is 4.33. The van der Waals surface area contributed by atoms with Gasteiger partial charge in [-0.2, -0.15) is 0 Å². The molecule has 0 saturated carbocycles. The van der Waals surface area contributed by atoms with Crippen molar-refractivity contribution in [1.29, 1.82) is 0 Å². The van der Waals surface area contributed by atoms with Gasteiger partial charge in [0, 0.05) is 31.2 Å². The number of hydrogen-bond acceptors (Lipinski definition) is 2. The Hall–Kier alpha value is -2.82. The lowest BCUT2D eigenvalue weighted by atomic mass is 9.82. The van der Waals surface area contributed by atoms with Crippen LogP contribution < -0.4 is 10.2 Å². The van der Waals surface area contributed by atoms with Crippen molar-refractivity contribution < 1.29 is 9.59 Å². The maximum Gasteiger partial charge on any atom is 0.318 e. The second kappa shape index (κ2) is 8.90. The van der Waals surface area contributed by atoms with Gasteiger partial charge in [0.25, 0.3) is 0 Å². The van der Waals surface area contributed by atoms with Gasteiger partial charge in [-0.3, -0.25) is 4.79 Å². The van der Waals surface area contributed by atoms with Crippen LogP contribution >= 0.6 is 0 Å². The van der Waals surface area contributed by atoms with Crippen molar-refractivity contribution in [2.24, 2.45) is 5.92 Å². The van der Waals surface area contributed by atoms with Crippen molar-refractivity contribution in [3.63, 3.8) is 0 Å². The molecule has 158 valence electrons. The van der Waals surface area contributed by atoms with Gasteiger partial charge in [-0.15, -0.1) is 0 Å². The molecule has 2 aromatic rings. The van der Waals surface area contributed by atoms with E-state index in [0.29, 0.717) is 31.3 Å². The maximum absolute atomic E-state index is 13.1. The number of anilines is 1. The van der Waals surface area contributed by atoms with E-state index in [1.54, 1.807) is 4.90 Å². The minimum absolute atomic E-state index is 0.0107. The van der Waals surface area contributed by atoms with Gasteiger partial charge in [0.1, 0.15) is 6.04 Å². The van der Waals surface area contributed by atoms with Crippen LogP contribution in [-0.2, 0) is 4.79 Å². The average molecular weight is 406 g/mol. The molecule has 5 nitrogen and oxygen atoms in total. The Morgan fingerprint density at radius 1 is 1.00 bits per heavy atom. The van der Waals surface area contributed by atoms with E-state index in [2.05, 4.69) is 36.5 Å². The highest BCUT2D eigenvalue weighted by atomic mass is 16.2. The Morgan fingerprint density at radius 3 is 2.47 bits per heavy atom. The Bertz CT molecular complexity index is 881. The fraction of sp³-hybridized carbons (Fsp3) is 0.440. The lowest BCUT2D eigenvalue weighted by molar-refractivity contribution is -0.121. The fourth-order valence-electron chi connectivity index (χ4n) is 4.62. The van der Waals surface area contributed by atoms with Gasteiger partial charge < -0.3 is 15.1 Å². The van der Waals surface area contributed by atoms with Crippen LogP contribution in [0.25, 0.3) is 0 Å². The van der Waals surface area contributed by atoms with Crippen LogP contribution in [0.1, 0.15) is 43.2 Å².